The van der Waals surface area contributed by atoms with Crippen LogP contribution in [0.15, 0.2) is 36.5 Å². The minimum atomic E-state index is 0.123. The molecule has 1 amide bonds. The van der Waals surface area contributed by atoms with Crippen LogP contribution in [0.4, 0.5) is 5.82 Å². The Morgan fingerprint density at radius 1 is 1.33 bits per heavy atom. The highest BCUT2D eigenvalue weighted by Crippen LogP contribution is 2.32. The lowest BCUT2D eigenvalue weighted by atomic mass is 10.1. The third-order valence-corrected chi connectivity index (χ3v) is 3.67. The molecule has 0 radical (unpaired) electrons. The Morgan fingerprint density at radius 3 is 2.78 bits per heavy atom. The highest BCUT2D eigenvalue weighted by molar-refractivity contribution is 9.09. The summed E-state index contributed by atoms with van der Waals surface area (Å²) >= 11 is 3.49. The zero-order chi connectivity index (χ0) is 12.5. The lowest BCUT2D eigenvalue weighted by Gasteiger charge is -2.15. The van der Waals surface area contributed by atoms with E-state index in [1.807, 2.05) is 30.3 Å². The van der Waals surface area contributed by atoms with E-state index in [9.17, 15) is 4.79 Å². The maximum atomic E-state index is 11.9. The Labute approximate surface area is 113 Å². The Kier molecular flexibility index (Phi) is 2.91. The van der Waals surface area contributed by atoms with E-state index in [-0.39, 0.29) is 10.7 Å². The maximum Gasteiger partial charge on any atom is 0.229 e. The van der Waals surface area contributed by atoms with Gasteiger partial charge in [0.2, 0.25) is 5.91 Å². The fraction of sp³-hybridized carbons (Fsp3) is 0.231. The number of hydrogen-bond acceptors (Lipinski definition) is 2. The number of carbonyl (C=O) groups is 1. The first-order valence-electron chi connectivity index (χ1n) is 5.79. The van der Waals surface area contributed by atoms with E-state index in [1.165, 1.54) is 0 Å². The van der Waals surface area contributed by atoms with Crippen molar-refractivity contribution in [3.63, 3.8) is 0 Å². The molecule has 1 aromatic heterocycles. The molecule has 1 N–H and O–H groups in total. The molecule has 1 aromatic carbocycles. The topological polar surface area (TPSA) is 49.0 Å². The lowest BCUT2D eigenvalue weighted by molar-refractivity contribution is -0.117. The van der Waals surface area contributed by atoms with Crippen LogP contribution in [0.1, 0.15) is 6.42 Å². The number of alkyl halides is 1. The van der Waals surface area contributed by atoms with Crippen molar-refractivity contribution in [1.82, 2.24) is 10.2 Å². The second-order valence-electron chi connectivity index (χ2n) is 4.30. The summed E-state index contributed by atoms with van der Waals surface area (Å²) in [6.45, 7) is 0.681. The molecule has 2 aromatic rings. The van der Waals surface area contributed by atoms with Gasteiger partial charge in [-0.25, -0.2) is 0 Å². The third kappa shape index (κ3) is 1.95. The molecule has 92 valence electrons. The van der Waals surface area contributed by atoms with E-state index >= 15 is 0 Å². The van der Waals surface area contributed by atoms with E-state index in [0.29, 0.717) is 13.0 Å². The summed E-state index contributed by atoms with van der Waals surface area (Å²) in [5.74, 6) is 0.909. The molecule has 0 aliphatic carbocycles. The number of benzene rings is 1. The summed E-state index contributed by atoms with van der Waals surface area (Å²) in [5.41, 5.74) is 2.03. The van der Waals surface area contributed by atoms with Crippen LogP contribution in [-0.4, -0.2) is 27.5 Å². The molecule has 1 unspecified atom stereocenters. The van der Waals surface area contributed by atoms with Gasteiger partial charge in [0.05, 0.1) is 6.20 Å². The normalized spacial score (nSPS) is 19.5. The molecular formula is C13H12BrN3O. The van der Waals surface area contributed by atoms with Gasteiger partial charge in [-0.1, -0.05) is 46.3 Å². The monoisotopic (exact) mass is 305 g/mol. The van der Waals surface area contributed by atoms with E-state index in [2.05, 4.69) is 26.1 Å². The molecule has 1 aliphatic heterocycles. The quantitative estimate of drug-likeness (QED) is 0.867. The van der Waals surface area contributed by atoms with Crippen LogP contribution in [-0.2, 0) is 4.79 Å². The Morgan fingerprint density at radius 2 is 2.11 bits per heavy atom. The highest BCUT2D eigenvalue weighted by atomic mass is 79.9. The van der Waals surface area contributed by atoms with Crippen LogP contribution in [0.5, 0.6) is 0 Å². The number of aromatic nitrogens is 2. The second-order valence-corrected chi connectivity index (χ2v) is 5.60. The molecule has 18 heavy (non-hydrogen) atoms. The largest absolute Gasteiger partial charge is 0.296 e. The average Bonchev–Trinajstić information content (AvgIpc) is 2.96. The average molecular weight is 306 g/mol. The molecule has 1 aliphatic rings. The van der Waals surface area contributed by atoms with Crippen molar-refractivity contribution in [2.24, 2.45) is 0 Å². The molecule has 3 rings (SSSR count). The predicted molar refractivity (Wildman–Crippen MR) is 73.7 cm³/mol. The number of aromatic amines is 1. The molecule has 1 atom stereocenters. The fourth-order valence-corrected chi connectivity index (χ4v) is 2.76. The van der Waals surface area contributed by atoms with Gasteiger partial charge in [-0.3, -0.25) is 14.8 Å². The Bertz CT molecular complexity index is 567. The van der Waals surface area contributed by atoms with Crippen molar-refractivity contribution in [3.8, 4) is 11.1 Å². The summed E-state index contributed by atoms with van der Waals surface area (Å²) < 4.78 is 0. The Balaban J connectivity index is 2.00. The summed E-state index contributed by atoms with van der Waals surface area (Å²) in [6.07, 6.45) is 2.30. The minimum absolute atomic E-state index is 0.123. The number of nitrogens with zero attached hydrogens (tertiary/aromatic N) is 2. The van der Waals surface area contributed by atoms with Gasteiger partial charge in [-0.05, 0) is 5.56 Å². The number of nitrogens with one attached hydrogen (secondary N) is 1. The van der Waals surface area contributed by atoms with Crippen LogP contribution in [0.2, 0.25) is 0 Å². The van der Waals surface area contributed by atoms with Crippen molar-refractivity contribution < 1.29 is 4.79 Å². The predicted octanol–water partition coefficient (Wildman–Crippen LogP) is 2.58. The van der Waals surface area contributed by atoms with Crippen molar-refractivity contribution >= 4 is 27.7 Å². The number of rotatable bonds is 2. The summed E-state index contributed by atoms with van der Waals surface area (Å²) in [4.78, 5) is 13.9. The first-order valence-corrected chi connectivity index (χ1v) is 6.70. The summed E-state index contributed by atoms with van der Waals surface area (Å²) in [5, 5.41) is 7.00. The van der Waals surface area contributed by atoms with Crippen molar-refractivity contribution in [2.75, 3.05) is 11.4 Å². The van der Waals surface area contributed by atoms with Crippen LogP contribution in [0.25, 0.3) is 11.1 Å². The third-order valence-electron chi connectivity index (χ3n) is 3.05. The van der Waals surface area contributed by atoms with Gasteiger partial charge in [0, 0.05) is 23.4 Å². The number of anilines is 1. The van der Waals surface area contributed by atoms with E-state index in [4.69, 9.17) is 0 Å². The number of hydrogen-bond donors (Lipinski definition) is 1. The van der Waals surface area contributed by atoms with Gasteiger partial charge in [-0.15, -0.1) is 0 Å². The smallest absolute Gasteiger partial charge is 0.229 e. The molecule has 4 nitrogen and oxygen atoms in total. The standard InChI is InChI=1S/C13H12BrN3O/c14-10-6-12(18)17(8-10)13-11(7-15-16-13)9-4-2-1-3-5-9/h1-5,7,10H,6,8H2,(H,15,16). The van der Waals surface area contributed by atoms with E-state index < -0.39 is 0 Å². The first kappa shape index (κ1) is 11.5. The van der Waals surface area contributed by atoms with E-state index in [0.717, 1.165) is 16.9 Å². The van der Waals surface area contributed by atoms with Gasteiger partial charge >= 0.3 is 0 Å². The molecular weight excluding hydrogens is 294 g/mol. The van der Waals surface area contributed by atoms with Gasteiger partial charge in [0.15, 0.2) is 0 Å². The van der Waals surface area contributed by atoms with Crippen LogP contribution < -0.4 is 4.90 Å². The highest BCUT2D eigenvalue weighted by Gasteiger charge is 2.31. The van der Waals surface area contributed by atoms with Crippen LogP contribution >= 0.6 is 15.9 Å². The molecule has 1 fully saturated rings. The molecule has 1 saturated heterocycles. The SMILES string of the molecule is O=C1CC(Br)CN1c1[nH]ncc1-c1ccccc1. The lowest BCUT2D eigenvalue weighted by Crippen LogP contribution is -2.25. The minimum Gasteiger partial charge on any atom is -0.296 e. The van der Waals surface area contributed by atoms with E-state index in [1.54, 1.807) is 11.1 Å². The van der Waals surface area contributed by atoms with Crippen LogP contribution in [0.3, 0.4) is 0 Å². The van der Waals surface area contributed by atoms with Crippen molar-refractivity contribution in [1.29, 1.82) is 0 Å². The summed E-state index contributed by atoms with van der Waals surface area (Å²) in [6, 6.07) is 9.95. The van der Waals surface area contributed by atoms with Gasteiger partial charge in [0.25, 0.3) is 0 Å². The molecule has 0 spiro atoms. The fourth-order valence-electron chi connectivity index (χ4n) is 2.19. The van der Waals surface area contributed by atoms with Gasteiger partial charge in [0.1, 0.15) is 5.82 Å². The number of carbonyl (C=O) groups excluding carboxylic acids is 1. The van der Waals surface area contributed by atoms with Gasteiger partial charge < -0.3 is 0 Å². The number of amides is 1. The van der Waals surface area contributed by atoms with Crippen molar-refractivity contribution in [3.05, 3.63) is 36.5 Å². The zero-order valence-corrected chi connectivity index (χ0v) is 11.2. The molecule has 5 heteroatoms. The van der Waals surface area contributed by atoms with Crippen molar-refractivity contribution in [2.45, 2.75) is 11.2 Å². The zero-order valence-electron chi connectivity index (χ0n) is 9.64. The number of H-pyrrole nitrogens is 1. The first-order chi connectivity index (χ1) is 8.75. The summed E-state index contributed by atoms with van der Waals surface area (Å²) in [7, 11) is 0. The number of halogens is 1. The molecule has 0 bridgehead atoms. The molecule has 0 saturated carbocycles. The maximum absolute atomic E-state index is 11.9. The molecule has 2 heterocycles. The second kappa shape index (κ2) is 4.57. The Hall–Kier alpha value is -1.62. The van der Waals surface area contributed by atoms with Crippen LogP contribution in [0, 0.1) is 0 Å². The van der Waals surface area contributed by atoms with Gasteiger partial charge in [-0.2, -0.15) is 5.10 Å².